The maximum Gasteiger partial charge on any atom is 0.271 e. The Hall–Kier alpha value is -3.38. The number of rotatable bonds is 9. The molecule has 0 saturated carbocycles. The van der Waals surface area contributed by atoms with Crippen LogP contribution in [0.4, 0.5) is 0 Å². The first-order valence-electron chi connectivity index (χ1n) is 9.70. The molecule has 158 valence electrons. The first kappa shape index (κ1) is 22.3. The normalized spacial score (nSPS) is 10.6. The second kappa shape index (κ2) is 11.1. The number of nitrogens with one attached hydrogen (secondary N) is 1. The molecule has 31 heavy (non-hydrogen) atoms. The van der Waals surface area contributed by atoms with E-state index in [0.29, 0.717) is 30.3 Å². The van der Waals surface area contributed by atoms with Crippen molar-refractivity contribution in [2.75, 3.05) is 6.61 Å². The lowest BCUT2D eigenvalue weighted by Crippen LogP contribution is -2.17. The van der Waals surface area contributed by atoms with Crippen LogP contribution >= 0.6 is 15.9 Å². The molecule has 1 N–H and O–H groups in total. The third kappa shape index (κ3) is 6.83. The quantitative estimate of drug-likeness (QED) is 0.245. The van der Waals surface area contributed by atoms with Gasteiger partial charge in [-0.3, -0.25) is 4.79 Å². The third-order valence-corrected chi connectivity index (χ3v) is 4.83. The summed E-state index contributed by atoms with van der Waals surface area (Å²) < 4.78 is 12.3. The van der Waals surface area contributed by atoms with E-state index in [1.54, 1.807) is 36.6 Å². The Morgan fingerprint density at radius 1 is 1.06 bits per heavy atom. The molecule has 3 rings (SSSR count). The summed E-state index contributed by atoms with van der Waals surface area (Å²) in [4.78, 5) is 12.4. The number of hydrogen-bond acceptors (Lipinski definition) is 4. The minimum absolute atomic E-state index is 0.315. The standard InChI is InChI=1S/C25H23BrN2O3/c1-3-14-30-24-13-10-22(26)15-21(24)16-27-28-25(29)20-8-11-23(12-9-20)31-17-19-6-4-18(2)5-7-19/h3-13,15-16H,1,14,17H2,2H3,(H,28,29)/b27-16-. The number of hydrogen-bond donors (Lipinski definition) is 1. The van der Waals surface area contributed by atoms with Crippen LogP contribution in [0.15, 0.2) is 89.0 Å². The molecule has 6 heteroatoms. The van der Waals surface area contributed by atoms with E-state index in [2.05, 4.69) is 45.2 Å². The monoisotopic (exact) mass is 478 g/mol. The van der Waals surface area contributed by atoms with Gasteiger partial charge in [0.15, 0.2) is 0 Å². The van der Waals surface area contributed by atoms with Gasteiger partial charge in [-0.2, -0.15) is 5.10 Å². The fourth-order valence-corrected chi connectivity index (χ4v) is 3.06. The van der Waals surface area contributed by atoms with Crippen molar-refractivity contribution in [3.63, 3.8) is 0 Å². The van der Waals surface area contributed by atoms with E-state index in [4.69, 9.17) is 9.47 Å². The zero-order valence-corrected chi connectivity index (χ0v) is 18.8. The van der Waals surface area contributed by atoms with E-state index in [0.717, 1.165) is 15.6 Å². The summed E-state index contributed by atoms with van der Waals surface area (Å²) in [5.74, 6) is 1.03. The van der Waals surface area contributed by atoms with Gasteiger partial charge >= 0.3 is 0 Å². The molecular formula is C25H23BrN2O3. The van der Waals surface area contributed by atoms with Crippen LogP contribution in [-0.2, 0) is 6.61 Å². The van der Waals surface area contributed by atoms with Gasteiger partial charge in [0, 0.05) is 15.6 Å². The molecule has 0 atom stereocenters. The van der Waals surface area contributed by atoms with Gasteiger partial charge < -0.3 is 9.47 Å². The molecule has 0 aromatic heterocycles. The summed E-state index contributed by atoms with van der Waals surface area (Å²) in [5, 5.41) is 4.05. The van der Waals surface area contributed by atoms with Crippen LogP contribution < -0.4 is 14.9 Å². The van der Waals surface area contributed by atoms with E-state index in [-0.39, 0.29) is 5.91 Å². The summed E-state index contributed by atoms with van der Waals surface area (Å²) in [6.45, 7) is 6.55. The van der Waals surface area contributed by atoms with Gasteiger partial charge in [0.1, 0.15) is 24.7 Å². The van der Waals surface area contributed by atoms with Gasteiger partial charge in [0.05, 0.1) is 6.21 Å². The van der Waals surface area contributed by atoms with Crippen molar-refractivity contribution in [2.24, 2.45) is 5.10 Å². The van der Waals surface area contributed by atoms with E-state index in [1.807, 2.05) is 37.3 Å². The Bertz CT molecular complexity index is 1060. The number of nitrogens with zero attached hydrogens (tertiary/aromatic N) is 1. The summed E-state index contributed by atoms with van der Waals surface area (Å²) in [7, 11) is 0. The van der Waals surface area contributed by atoms with Crippen molar-refractivity contribution >= 4 is 28.1 Å². The molecule has 0 bridgehead atoms. The molecule has 0 aliphatic rings. The fraction of sp³-hybridized carbons (Fsp3) is 0.120. The van der Waals surface area contributed by atoms with Gasteiger partial charge in [0.2, 0.25) is 0 Å². The lowest BCUT2D eigenvalue weighted by molar-refractivity contribution is 0.0955. The number of carbonyl (C=O) groups excluding carboxylic acids is 1. The number of benzene rings is 3. The van der Waals surface area contributed by atoms with E-state index < -0.39 is 0 Å². The lowest BCUT2D eigenvalue weighted by Gasteiger charge is -2.08. The first-order valence-corrected chi connectivity index (χ1v) is 10.5. The van der Waals surface area contributed by atoms with Gasteiger partial charge in [0.25, 0.3) is 5.91 Å². The molecule has 0 spiro atoms. The number of aryl methyl sites for hydroxylation is 1. The van der Waals surface area contributed by atoms with Crippen molar-refractivity contribution in [1.82, 2.24) is 5.43 Å². The smallest absolute Gasteiger partial charge is 0.271 e. The maximum atomic E-state index is 12.4. The molecule has 3 aromatic rings. The van der Waals surface area contributed by atoms with Crippen molar-refractivity contribution in [3.05, 3.63) is 106 Å². The predicted molar refractivity (Wildman–Crippen MR) is 127 cm³/mol. The minimum Gasteiger partial charge on any atom is -0.489 e. The van der Waals surface area contributed by atoms with Crippen LogP contribution in [0.1, 0.15) is 27.0 Å². The number of halogens is 1. The van der Waals surface area contributed by atoms with Gasteiger partial charge in [-0.1, -0.05) is 58.4 Å². The highest BCUT2D eigenvalue weighted by molar-refractivity contribution is 9.10. The maximum absolute atomic E-state index is 12.4. The van der Waals surface area contributed by atoms with Crippen LogP contribution in [0.25, 0.3) is 0 Å². The van der Waals surface area contributed by atoms with Gasteiger partial charge in [-0.15, -0.1) is 0 Å². The van der Waals surface area contributed by atoms with Crippen LogP contribution in [0.3, 0.4) is 0 Å². The van der Waals surface area contributed by atoms with Crippen LogP contribution in [0.5, 0.6) is 11.5 Å². The van der Waals surface area contributed by atoms with E-state index in [9.17, 15) is 4.79 Å². The zero-order chi connectivity index (χ0) is 22.1. The van der Waals surface area contributed by atoms with Gasteiger partial charge in [-0.05, 0) is 55.0 Å². The summed E-state index contributed by atoms with van der Waals surface area (Å²) in [6, 6.07) is 20.7. The highest BCUT2D eigenvalue weighted by atomic mass is 79.9. The average molecular weight is 479 g/mol. The number of hydrazone groups is 1. The van der Waals surface area contributed by atoms with Crippen molar-refractivity contribution in [2.45, 2.75) is 13.5 Å². The number of amides is 1. The SMILES string of the molecule is C=CCOc1ccc(Br)cc1/C=N\NC(=O)c1ccc(OCc2ccc(C)cc2)cc1. The van der Waals surface area contributed by atoms with Crippen molar-refractivity contribution < 1.29 is 14.3 Å². The lowest BCUT2D eigenvalue weighted by atomic mass is 10.2. The number of ether oxygens (including phenoxy) is 2. The van der Waals surface area contributed by atoms with Gasteiger partial charge in [-0.25, -0.2) is 5.43 Å². The summed E-state index contributed by atoms with van der Waals surface area (Å²) >= 11 is 3.42. The molecule has 0 radical (unpaired) electrons. The predicted octanol–water partition coefficient (Wildman–Crippen LogP) is 5.67. The van der Waals surface area contributed by atoms with Crippen LogP contribution in [0, 0.1) is 6.92 Å². The molecule has 1 amide bonds. The zero-order valence-electron chi connectivity index (χ0n) is 17.2. The highest BCUT2D eigenvalue weighted by Gasteiger charge is 2.06. The molecule has 0 unspecified atom stereocenters. The van der Waals surface area contributed by atoms with Crippen molar-refractivity contribution in [3.8, 4) is 11.5 Å². The minimum atomic E-state index is -0.315. The second-order valence-electron chi connectivity index (χ2n) is 6.78. The first-order chi connectivity index (χ1) is 15.0. The molecule has 0 saturated heterocycles. The summed E-state index contributed by atoms with van der Waals surface area (Å²) in [5.41, 5.74) is 6.05. The van der Waals surface area contributed by atoms with E-state index >= 15 is 0 Å². The highest BCUT2D eigenvalue weighted by Crippen LogP contribution is 2.22. The molecule has 0 aliphatic heterocycles. The molecule has 5 nitrogen and oxygen atoms in total. The molecule has 0 aliphatic carbocycles. The Morgan fingerprint density at radius 3 is 2.52 bits per heavy atom. The summed E-state index contributed by atoms with van der Waals surface area (Å²) in [6.07, 6.45) is 3.21. The van der Waals surface area contributed by atoms with E-state index in [1.165, 1.54) is 5.56 Å². The van der Waals surface area contributed by atoms with Crippen LogP contribution in [-0.4, -0.2) is 18.7 Å². The van der Waals surface area contributed by atoms with Crippen molar-refractivity contribution in [1.29, 1.82) is 0 Å². The van der Waals surface area contributed by atoms with Crippen LogP contribution in [0.2, 0.25) is 0 Å². The molecule has 0 heterocycles. The third-order valence-electron chi connectivity index (χ3n) is 4.34. The fourth-order valence-electron chi connectivity index (χ4n) is 2.68. The topological polar surface area (TPSA) is 59.9 Å². The Kier molecular flexibility index (Phi) is 8.01. The molecular weight excluding hydrogens is 456 g/mol. The second-order valence-corrected chi connectivity index (χ2v) is 7.70. The molecule has 0 fully saturated rings. The Balaban J connectivity index is 1.56. The Morgan fingerprint density at radius 2 is 1.81 bits per heavy atom. The largest absolute Gasteiger partial charge is 0.489 e. The Labute approximate surface area is 190 Å². The number of carbonyl (C=O) groups is 1. The molecule has 3 aromatic carbocycles. The average Bonchev–Trinajstić information content (AvgIpc) is 2.78.